The number of methoxy groups -OCH3 is 1. The van der Waals surface area contributed by atoms with E-state index in [0.717, 1.165) is 12.3 Å². The Morgan fingerprint density at radius 1 is 1.42 bits per heavy atom. The van der Waals surface area contributed by atoms with Crippen LogP contribution in [0.3, 0.4) is 0 Å². The zero-order chi connectivity index (χ0) is 9.61. The Kier molecular flexibility index (Phi) is 5.56. The lowest BCUT2D eigenvalue weighted by Crippen LogP contribution is -2.22. The van der Waals surface area contributed by atoms with Crippen LogP contribution in [0.15, 0.2) is 0 Å². The van der Waals surface area contributed by atoms with Crippen LogP contribution in [0.25, 0.3) is 0 Å². The van der Waals surface area contributed by atoms with Gasteiger partial charge in [-0.15, -0.1) is 0 Å². The summed E-state index contributed by atoms with van der Waals surface area (Å²) in [6.07, 6.45) is 5.96. The zero-order valence-corrected chi connectivity index (χ0v) is 9.18. The SMILES string of the molecule is C[CH]C(C)CCCC(C)(C)OC. The molecular formula is C11H23O. The number of hydrogen-bond acceptors (Lipinski definition) is 1. The van der Waals surface area contributed by atoms with Gasteiger partial charge in [-0.3, -0.25) is 0 Å². The van der Waals surface area contributed by atoms with Crippen molar-refractivity contribution in [3.63, 3.8) is 0 Å². The lowest BCUT2D eigenvalue weighted by atomic mass is 9.95. The molecule has 0 saturated carbocycles. The van der Waals surface area contributed by atoms with Gasteiger partial charge >= 0.3 is 0 Å². The highest BCUT2D eigenvalue weighted by Crippen LogP contribution is 2.19. The van der Waals surface area contributed by atoms with Crippen LogP contribution < -0.4 is 0 Å². The van der Waals surface area contributed by atoms with E-state index in [1.165, 1.54) is 12.8 Å². The normalized spacial score (nSPS) is 14.8. The summed E-state index contributed by atoms with van der Waals surface area (Å²) in [6.45, 7) is 8.69. The van der Waals surface area contributed by atoms with Crippen molar-refractivity contribution in [3.05, 3.63) is 6.42 Å². The Balaban J connectivity index is 3.42. The predicted octanol–water partition coefficient (Wildman–Crippen LogP) is 3.44. The maximum absolute atomic E-state index is 5.34. The third kappa shape index (κ3) is 5.59. The minimum absolute atomic E-state index is 0.0630. The summed E-state index contributed by atoms with van der Waals surface area (Å²) in [6, 6.07) is 0. The van der Waals surface area contributed by atoms with E-state index in [-0.39, 0.29) is 5.60 Å². The van der Waals surface area contributed by atoms with E-state index < -0.39 is 0 Å². The first-order valence-corrected chi connectivity index (χ1v) is 4.86. The minimum Gasteiger partial charge on any atom is -0.379 e. The van der Waals surface area contributed by atoms with Gasteiger partial charge < -0.3 is 4.74 Å². The van der Waals surface area contributed by atoms with Crippen molar-refractivity contribution in [3.8, 4) is 0 Å². The van der Waals surface area contributed by atoms with Crippen molar-refractivity contribution in [2.45, 2.75) is 52.6 Å². The number of rotatable bonds is 6. The molecule has 0 rings (SSSR count). The fourth-order valence-electron chi connectivity index (χ4n) is 1.12. The van der Waals surface area contributed by atoms with Gasteiger partial charge in [0.15, 0.2) is 0 Å². The van der Waals surface area contributed by atoms with E-state index in [1.54, 1.807) is 7.11 Å². The van der Waals surface area contributed by atoms with E-state index in [0.29, 0.717) is 0 Å². The molecule has 0 heterocycles. The molecule has 0 spiro atoms. The standard InChI is InChI=1S/C11H23O/c1-6-10(2)8-7-9-11(3,4)12-5/h6,10H,7-9H2,1-5H3. The third-order valence-corrected chi connectivity index (χ3v) is 2.56. The van der Waals surface area contributed by atoms with Crippen molar-refractivity contribution >= 4 is 0 Å². The quantitative estimate of drug-likeness (QED) is 0.595. The smallest absolute Gasteiger partial charge is 0.0622 e. The molecule has 0 N–H and O–H groups in total. The molecular weight excluding hydrogens is 148 g/mol. The third-order valence-electron chi connectivity index (χ3n) is 2.56. The molecule has 1 radical (unpaired) electrons. The van der Waals surface area contributed by atoms with Crippen molar-refractivity contribution < 1.29 is 4.74 Å². The summed E-state index contributed by atoms with van der Waals surface area (Å²) >= 11 is 0. The molecule has 0 bridgehead atoms. The van der Waals surface area contributed by atoms with Crippen LogP contribution in [0.4, 0.5) is 0 Å². The number of hydrogen-bond donors (Lipinski definition) is 0. The highest BCUT2D eigenvalue weighted by Gasteiger charge is 2.15. The maximum Gasteiger partial charge on any atom is 0.0622 e. The second kappa shape index (κ2) is 5.58. The van der Waals surface area contributed by atoms with Crippen molar-refractivity contribution in [2.24, 2.45) is 5.92 Å². The van der Waals surface area contributed by atoms with E-state index in [2.05, 4.69) is 34.1 Å². The second-order valence-electron chi connectivity index (χ2n) is 4.17. The Bertz CT molecular complexity index is 108. The first-order chi connectivity index (χ1) is 5.52. The van der Waals surface area contributed by atoms with E-state index in [4.69, 9.17) is 4.74 Å². The van der Waals surface area contributed by atoms with Crippen molar-refractivity contribution in [1.29, 1.82) is 0 Å². The summed E-state index contributed by atoms with van der Waals surface area (Å²) in [4.78, 5) is 0. The van der Waals surface area contributed by atoms with Gasteiger partial charge in [0.25, 0.3) is 0 Å². The summed E-state index contributed by atoms with van der Waals surface area (Å²) in [5, 5.41) is 0. The summed E-state index contributed by atoms with van der Waals surface area (Å²) < 4.78 is 5.34. The molecule has 0 fully saturated rings. The molecule has 0 aromatic heterocycles. The first-order valence-electron chi connectivity index (χ1n) is 4.86. The molecule has 0 aromatic carbocycles. The topological polar surface area (TPSA) is 9.23 Å². The Labute approximate surface area is 77.5 Å². The van der Waals surface area contributed by atoms with Gasteiger partial charge in [-0.25, -0.2) is 0 Å². The second-order valence-corrected chi connectivity index (χ2v) is 4.17. The highest BCUT2D eigenvalue weighted by molar-refractivity contribution is 4.71. The highest BCUT2D eigenvalue weighted by atomic mass is 16.5. The van der Waals surface area contributed by atoms with Crippen molar-refractivity contribution in [2.75, 3.05) is 7.11 Å². The largest absolute Gasteiger partial charge is 0.379 e. The molecule has 1 atom stereocenters. The molecule has 0 aliphatic heterocycles. The van der Waals surface area contributed by atoms with Crippen LogP contribution in [-0.4, -0.2) is 12.7 Å². The molecule has 1 unspecified atom stereocenters. The molecule has 1 heteroatoms. The van der Waals surface area contributed by atoms with Gasteiger partial charge in [-0.05, 0) is 32.6 Å². The Morgan fingerprint density at radius 3 is 2.42 bits per heavy atom. The average Bonchev–Trinajstić information content (AvgIpc) is 2.04. The van der Waals surface area contributed by atoms with Crippen LogP contribution in [0.1, 0.15) is 47.0 Å². The van der Waals surface area contributed by atoms with E-state index in [9.17, 15) is 0 Å². The van der Waals surface area contributed by atoms with Crippen LogP contribution in [0.2, 0.25) is 0 Å². The maximum atomic E-state index is 5.34. The zero-order valence-electron chi connectivity index (χ0n) is 9.18. The molecule has 1 nitrogen and oxygen atoms in total. The molecule has 0 amide bonds. The van der Waals surface area contributed by atoms with Crippen LogP contribution in [0, 0.1) is 12.3 Å². The summed E-state index contributed by atoms with van der Waals surface area (Å²) in [7, 11) is 1.79. The first kappa shape index (κ1) is 12.0. The van der Waals surface area contributed by atoms with Crippen LogP contribution in [-0.2, 0) is 4.74 Å². The number of ether oxygens (including phenoxy) is 1. The minimum atomic E-state index is 0.0630. The van der Waals surface area contributed by atoms with Gasteiger partial charge in [0.05, 0.1) is 5.60 Å². The van der Waals surface area contributed by atoms with Gasteiger partial charge in [0.2, 0.25) is 0 Å². The van der Waals surface area contributed by atoms with Crippen LogP contribution in [0.5, 0.6) is 0 Å². The average molecular weight is 171 g/mol. The molecule has 73 valence electrons. The molecule has 0 aliphatic rings. The molecule has 0 aromatic rings. The monoisotopic (exact) mass is 171 g/mol. The summed E-state index contributed by atoms with van der Waals surface area (Å²) in [5.41, 5.74) is 0.0630. The van der Waals surface area contributed by atoms with Gasteiger partial charge in [0.1, 0.15) is 0 Å². The molecule has 0 aliphatic carbocycles. The van der Waals surface area contributed by atoms with E-state index >= 15 is 0 Å². The predicted molar refractivity (Wildman–Crippen MR) is 54.1 cm³/mol. The fourth-order valence-corrected chi connectivity index (χ4v) is 1.12. The van der Waals surface area contributed by atoms with Gasteiger partial charge in [-0.2, -0.15) is 0 Å². The molecule has 0 saturated heterocycles. The van der Waals surface area contributed by atoms with Crippen LogP contribution >= 0.6 is 0 Å². The Hall–Kier alpha value is -0.0400. The van der Waals surface area contributed by atoms with E-state index in [1.807, 2.05) is 0 Å². The van der Waals surface area contributed by atoms with Crippen molar-refractivity contribution in [1.82, 2.24) is 0 Å². The summed E-state index contributed by atoms with van der Waals surface area (Å²) in [5.74, 6) is 0.748. The lowest BCUT2D eigenvalue weighted by molar-refractivity contribution is 0.0130. The Morgan fingerprint density at radius 2 is 2.00 bits per heavy atom. The molecule has 12 heavy (non-hydrogen) atoms. The van der Waals surface area contributed by atoms with Gasteiger partial charge in [-0.1, -0.05) is 26.7 Å². The fraction of sp³-hybridized carbons (Fsp3) is 0.909. The van der Waals surface area contributed by atoms with Gasteiger partial charge in [0, 0.05) is 7.11 Å². The lowest BCUT2D eigenvalue weighted by Gasteiger charge is -2.23.